The van der Waals surface area contributed by atoms with Gasteiger partial charge in [0.15, 0.2) is 0 Å². The highest BCUT2D eigenvalue weighted by molar-refractivity contribution is 7.90. The van der Waals surface area contributed by atoms with Crippen LogP contribution in [0.15, 0.2) is 34.2 Å². The first kappa shape index (κ1) is 22.7. The van der Waals surface area contributed by atoms with Crippen LogP contribution in [0.4, 0.5) is 0 Å². The van der Waals surface area contributed by atoms with Gasteiger partial charge in [-0.2, -0.15) is 0 Å². The van der Waals surface area contributed by atoms with Crippen LogP contribution in [0.5, 0.6) is 0 Å². The van der Waals surface area contributed by atoms with Crippen LogP contribution in [0.3, 0.4) is 0 Å². The molecule has 11 heteroatoms. The molecule has 2 atom stereocenters. The lowest BCUT2D eigenvalue weighted by Gasteiger charge is -2.24. The van der Waals surface area contributed by atoms with Crippen molar-refractivity contribution in [3.8, 4) is 0 Å². The zero-order chi connectivity index (χ0) is 22.8. The second-order valence-corrected chi connectivity index (χ2v) is 9.50. The number of benzene rings is 1. The van der Waals surface area contributed by atoms with Gasteiger partial charge >= 0.3 is 0 Å². The van der Waals surface area contributed by atoms with Crippen molar-refractivity contribution in [1.82, 2.24) is 20.3 Å². The summed E-state index contributed by atoms with van der Waals surface area (Å²) in [4.78, 5) is 43.3. The normalized spacial score (nSPS) is 21.5. The molecule has 2 heterocycles. The van der Waals surface area contributed by atoms with Crippen LogP contribution in [0.25, 0.3) is 0 Å². The molecule has 1 aromatic rings. The lowest BCUT2D eigenvalue weighted by atomic mass is 10.0. The molecule has 0 spiro atoms. The third-order valence-corrected chi connectivity index (χ3v) is 6.76. The van der Waals surface area contributed by atoms with Gasteiger partial charge in [-0.15, -0.1) is 0 Å². The topological polar surface area (TPSA) is 137 Å². The molecule has 1 aromatic carbocycles. The maximum absolute atomic E-state index is 12.8. The Bertz CT molecular complexity index is 1020. The van der Waals surface area contributed by atoms with Gasteiger partial charge in [-0.25, -0.2) is 8.42 Å². The van der Waals surface area contributed by atoms with Crippen molar-refractivity contribution in [1.29, 1.82) is 0 Å². The molecule has 0 radical (unpaired) electrons. The van der Waals surface area contributed by atoms with Crippen molar-refractivity contribution in [2.24, 2.45) is 10.9 Å². The third kappa shape index (κ3) is 4.71. The highest BCUT2D eigenvalue weighted by Gasteiger charge is 2.35. The van der Waals surface area contributed by atoms with Gasteiger partial charge in [-0.05, 0) is 30.9 Å². The number of amides is 3. The Morgan fingerprint density at radius 2 is 1.97 bits per heavy atom. The van der Waals surface area contributed by atoms with E-state index in [0.717, 1.165) is 6.42 Å². The third-order valence-electron chi connectivity index (χ3n) is 5.37. The Kier molecular flexibility index (Phi) is 6.63. The van der Waals surface area contributed by atoms with Crippen molar-refractivity contribution in [3.63, 3.8) is 0 Å². The standard InChI is InChI=1S/C20H27N5O5S/c1-12(2)17(23-18-13-7-4-5-9-15(13)31(29,30)24-18)20(28)22-11-16(26)25-10-6-8-14(25)19(27)21-3/h4-5,7,9,12,14,17H,6,8,10-11H2,1-3H3,(H,21,27)(H,22,28)(H,23,24)/t14?,17-/m0/s1. The molecule has 0 aliphatic carbocycles. The molecule has 1 saturated heterocycles. The zero-order valence-electron chi connectivity index (χ0n) is 17.7. The van der Waals surface area contributed by atoms with E-state index >= 15 is 0 Å². The van der Waals surface area contributed by atoms with Crippen molar-refractivity contribution < 1.29 is 22.8 Å². The Morgan fingerprint density at radius 1 is 1.26 bits per heavy atom. The number of amidine groups is 1. The van der Waals surface area contributed by atoms with Gasteiger partial charge in [-0.3, -0.25) is 24.1 Å². The largest absolute Gasteiger partial charge is 0.357 e. The Labute approximate surface area is 181 Å². The molecule has 3 rings (SSSR count). The summed E-state index contributed by atoms with van der Waals surface area (Å²) in [5.74, 6) is -1.20. The molecule has 0 aromatic heterocycles. The minimum absolute atomic E-state index is 0.106. The number of nitrogens with zero attached hydrogens (tertiary/aromatic N) is 2. The molecule has 3 amide bonds. The number of likely N-dealkylation sites (N-methyl/N-ethyl adjacent to an activating group) is 1. The number of nitrogens with one attached hydrogen (secondary N) is 3. The monoisotopic (exact) mass is 449 g/mol. The summed E-state index contributed by atoms with van der Waals surface area (Å²) in [6.45, 7) is 3.77. The van der Waals surface area contributed by atoms with Crippen LogP contribution in [0.1, 0.15) is 32.3 Å². The van der Waals surface area contributed by atoms with E-state index in [1.165, 1.54) is 18.0 Å². The average molecular weight is 450 g/mol. The quantitative estimate of drug-likeness (QED) is 0.543. The van der Waals surface area contributed by atoms with Crippen molar-refractivity contribution >= 4 is 33.6 Å². The maximum Gasteiger partial charge on any atom is 0.263 e. The lowest BCUT2D eigenvalue weighted by Crippen LogP contribution is -2.49. The van der Waals surface area contributed by atoms with E-state index in [1.807, 2.05) is 0 Å². The predicted molar refractivity (Wildman–Crippen MR) is 114 cm³/mol. The number of likely N-dealkylation sites (tertiary alicyclic amines) is 1. The number of fused-ring (bicyclic) bond motifs is 1. The molecule has 0 saturated carbocycles. The van der Waals surface area contributed by atoms with Crippen LogP contribution >= 0.6 is 0 Å². The number of hydrogen-bond donors (Lipinski definition) is 3. The number of carbonyl (C=O) groups is 3. The highest BCUT2D eigenvalue weighted by atomic mass is 32.2. The summed E-state index contributed by atoms with van der Waals surface area (Å²) in [7, 11) is -2.20. The molecule has 1 unspecified atom stereocenters. The van der Waals surface area contributed by atoms with Gasteiger partial charge in [0.05, 0.1) is 11.4 Å². The Hall–Kier alpha value is -2.95. The van der Waals surface area contributed by atoms with Crippen LogP contribution in [0.2, 0.25) is 0 Å². The predicted octanol–water partition coefficient (Wildman–Crippen LogP) is -0.397. The van der Waals surface area contributed by atoms with Gasteiger partial charge in [0.2, 0.25) is 17.7 Å². The fraction of sp³-hybridized carbons (Fsp3) is 0.500. The maximum atomic E-state index is 12.8. The van der Waals surface area contributed by atoms with Crippen LogP contribution < -0.4 is 15.4 Å². The SMILES string of the molecule is CNC(=O)C1CCCN1C(=O)CNC(=O)[C@@H](N=C1NS(=O)(=O)c2ccccc21)C(C)C. The first-order chi connectivity index (χ1) is 14.7. The van der Waals surface area contributed by atoms with E-state index in [0.29, 0.717) is 18.5 Å². The van der Waals surface area contributed by atoms with Crippen molar-refractivity contribution in [3.05, 3.63) is 29.8 Å². The van der Waals surface area contributed by atoms with E-state index in [9.17, 15) is 22.8 Å². The van der Waals surface area contributed by atoms with Crippen molar-refractivity contribution in [2.75, 3.05) is 20.1 Å². The van der Waals surface area contributed by atoms with Crippen LogP contribution in [-0.4, -0.2) is 69.1 Å². The van der Waals surface area contributed by atoms with Gasteiger partial charge in [0.25, 0.3) is 10.0 Å². The van der Waals surface area contributed by atoms with Gasteiger partial charge < -0.3 is 15.5 Å². The molecule has 10 nitrogen and oxygen atoms in total. The van der Waals surface area contributed by atoms with Gasteiger partial charge in [-0.1, -0.05) is 26.0 Å². The zero-order valence-corrected chi connectivity index (χ0v) is 18.5. The minimum Gasteiger partial charge on any atom is -0.357 e. The lowest BCUT2D eigenvalue weighted by molar-refractivity contribution is -0.138. The number of rotatable bonds is 6. The number of hydrogen-bond acceptors (Lipinski definition) is 6. The molecule has 2 aliphatic rings. The molecular weight excluding hydrogens is 422 g/mol. The average Bonchev–Trinajstić information content (AvgIpc) is 3.32. The summed E-state index contributed by atoms with van der Waals surface area (Å²) in [5, 5.41) is 5.14. The van der Waals surface area contributed by atoms with E-state index in [1.54, 1.807) is 32.0 Å². The van der Waals surface area contributed by atoms with Gasteiger partial charge in [0.1, 0.15) is 17.9 Å². The summed E-state index contributed by atoms with van der Waals surface area (Å²) < 4.78 is 27.0. The number of aliphatic imine (C=N–C) groups is 1. The summed E-state index contributed by atoms with van der Waals surface area (Å²) in [5.41, 5.74) is 0.405. The summed E-state index contributed by atoms with van der Waals surface area (Å²) in [6, 6.07) is 4.98. The van der Waals surface area contributed by atoms with Gasteiger partial charge in [0, 0.05) is 19.2 Å². The fourth-order valence-corrected chi connectivity index (χ4v) is 4.99. The Morgan fingerprint density at radius 3 is 2.65 bits per heavy atom. The van der Waals surface area contributed by atoms with E-state index in [2.05, 4.69) is 20.3 Å². The molecule has 168 valence electrons. The second-order valence-electron chi connectivity index (χ2n) is 7.85. The number of sulfonamides is 1. The van der Waals surface area contributed by atoms with E-state index < -0.39 is 28.0 Å². The second kappa shape index (κ2) is 9.04. The molecule has 31 heavy (non-hydrogen) atoms. The molecule has 3 N–H and O–H groups in total. The van der Waals surface area contributed by atoms with E-state index in [-0.39, 0.29) is 35.0 Å². The van der Waals surface area contributed by atoms with Crippen LogP contribution in [0, 0.1) is 5.92 Å². The molecule has 2 aliphatic heterocycles. The first-order valence-electron chi connectivity index (χ1n) is 10.1. The van der Waals surface area contributed by atoms with Crippen LogP contribution in [-0.2, 0) is 24.4 Å². The molecule has 1 fully saturated rings. The highest BCUT2D eigenvalue weighted by Crippen LogP contribution is 2.23. The fourth-order valence-electron chi connectivity index (χ4n) is 3.75. The molecular formula is C20H27N5O5S. The summed E-state index contributed by atoms with van der Waals surface area (Å²) >= 11 is 0. The van der Waals surface area contributed by atoms with Crippen molar-refractivity contribution in [2.45, 2.75) is 43.7 Å². The Balaban J connectivity index is 1.72. The minimum atomic E-state index is -3.72. The number of carbonyl (C=O) groups excluding carboxylic acids is 3. The molecule has 0 bridgehead atoms. The first-order valence-corrected chi connectivity index (χ1v) is 11.6. The smallest absolute Gasteiger partial charge is 0.263 e. The summed E-state index contributed by atoms with van der Waals surface area (Å²) in [6.07, 6.45) is 1.31. The van der Waals surface area contributed by atoms with E-state index in [4.69, 9.17) is 0 Å².